The first-order valence-corrected chi connectivity index (χ1v) is 13.6. The van der Waals surface area contributed by atoms with Crippen LogP contribution in [0.2, 0.25) is 0 Å². The highest BCUT2D eigenvalue weighted by Crippen LogP contribution is 2.57. The minimum absolute atomic E-state index is 0.0727. The molecule has 0 saturated carbocycles. The van der Waals surface area contributed by atoms with Gasteiger partial charge in [0.05, 0.1) is 18.2 Å². The Kier molecular flexibility index (Phi) is 7.77. The Balaban J connectivity index is 2.09. The molecule has 35 heavy (non-hydrogen) atoms. The minimum Gasteiger partial charge on any atom is -0.352 e. The smallest absolute Gasteiger partial charge is 0.352 e. The number of nitrogens with one attached hydrogen (secondary N) is 1. The van der Waals surface area contributed by atoms with E-state index in [2.05, 4.69) is 25.8 Å². The van der Waals surface area contributed by atoms with Gasteiger partial charge >= 0.3 is 13.4 Å². The molecule has 0 aliphatic carbocycles. The number of rotatable bonds is 5. The summed E-state index contributed by atoms with van der Waals surface area (Å²) in [6.07, 6.45) is 1.06. The van der Waals surface area contributed by atoms with Gasteiger partial charge in [-0.1, -0.05) is 20.8 Å². The summed E-state index contributed by atoms with van der Waals surface area (Å²) in [7, 11) is 0.0606. The molecule has 0 amide bonds. The average molecular weight is 513 g/mol. The van der Waals surface area contributed by atoms with Gasteiger partial charge in [-0.15, -0.1) is 0 Å². The van der Waals surface area contributed by atoms with E-state index in [-0.39, 0.29) is 18.1 Å². The molecule has 11 nitrogen and oxygen atoms in total. The van der Waals surface area contributed by atoms with E-state index in [0.717, 1.165) is 13.1 Å². The number of nitrogens with zero attached hydrogens (tertiary/aromatic N) is 5. The zero-order chi connectivity index (χ0) is 26.3. The Morgan fingerprint density at radius 3 is 2.26 bits per heavy atom. The van der Waals surface area contributed by atoms with E-state index < -0.39 is 30.7 Å². The fraction of sp³-hybridized carbons (Fsp3) is 0.783. The van der Waals surface area contributed by atoms with Gasteiger partial charge in [-0.2, -0.15) is 4.76 Å². The predicted molar refractivity (Wildman–Crippen MR) is 137 cm³/mol. The lowest BCUT2D eigenvalue weighted by molar-refractivity contribution is -0.118. The molecule has 1 aromatic rings. The molecule has 3 rings (SSSR count). The van der Waals surface area contributed by atoms with Crippen LogP contribution in [0.4, 0.5) is 0 Å². The molecule has 0 spiro atoms. The highest BCUT2D eigenvalue weighted by Gasteiger charge is 2.44. The van der Waals surface area contributed by atoms with Crippen LogP contribution in [0.3, 0.4) is 0 Å². The molecule has 3 heterocycles. The summed E-state index contributed by atoms with van der Waals surface area (Å²) in [6, 6.07) is 0. The third-order valence-corrected chi connectivity index (χ3v) is 8.11. The number of guanidine groups is 1. The molecule has 3 atom stereocenters. The maximum Gasteiger partial charge on any atom is 0.393 e. The Hall–Kier alpha value is -1.94. The van der Waals surface area contributed by atoms with Crippen molar-refractivity contribution in [2.24, 2.45) is 10.2 Å². The summed E-state index contributed by atoms with van der Waals surface area (Å²) in [5, 5.41) is 0. The maximum absolute atomic E-state index is 14.6. The molecule has 0 bridgehead atoms. The second-order valence-corrected chi connectivity index (χ2v) is 13.7. The third-order valence-electron chi connectivity index (χ3n) is 5.85. The topological polar surface area (TPSA) is 112 Å². The van der Waals surface area contributed by atoms with Gasteiger partial charge in [-0.05, 0) is 39.5 Å². The fourth-order valence-electron chi connectivity index (χ4n) is 4.31. The van der Waals surface area contributed by atoms with Crippen LogP contribution in [-0.4, -0.2) is 82.0 Å². The minimum atomic E-state index is -3.77. The van der Waals surface area contributed by atoms with Gasteiger partial charge in [0.15, 0.2) is 6.23 Å². The Bertz CT molecular complexity index is 1100. The number of aromatic nitrogens is 2. The molecular weight excluding hydrogens is 471 g/mol. The SMILES string of the molecule is Cc1cn([C@H]2CN(P(=O)(N=C3N(C)CCN3C)OC(C)(C)C)C[C@@H](CC(C)(C)C)O2)c(=O)[nH]c1=O. The van der Waals surface area contributed by atoms with Gasteiger partial charge in [0.25, 0.3) is 5.56 Å². The standard InChI is InChI=1S/C23H41N6O5P/c1-16-13-29(21(31)24-19(16)30)18-15-28(14-17(33-18)12-22(2,3)4)35(32,34-23(5,6)7)25-20-26(8)10-11-27(20)9/h13,17-18H,10-12,14-15H2,1-9H3,(H,24,30,31)/t17-,18-,35?/m1/s1. The largest absolute Gasteiger partial charge is 0.393 e. The lowest BCUT2D eigenvalue weighted by Crippen LogP contribution is -2.48. The lowest BCUT2D eigenvalue weighted by atomic mass is 9.89. The van der Waals surface area contributed by atoms with E-state index in [4.69, 9.17) is 14.0 Å². The summed E-state index contributed by atoms with van der Waals surface area (Å²) in [5.74, 6) is 0.602. The van der Waals surface area contributed by atoms with Crippen molar-refractivity contribution >= 4 is 13.6 Å². The second kappa shape index (κ2) is 9.84. The van der Waals surface area contributed by atoms with E-state index >= 15 is 0 Å². The molecule has 1 unspecified atom stereocenters. The van der Waals surface area contributed by atoms with E-state index in [0.29, 0.717) is 24.5 Å². The maximum atomic E-state index is 14.6. The number of aryl methyl sites for hydroxylation is 1. The zero-order valence-electron chi connectivity index (χ0n) is 22.5. The van der Waals surface area contributed by atoms with Crippen molar-refractivity contribution in [2.45, 2.75) is 72.8 Å². The lowest BCUT2D eigenvalue weighted by Gasteiger charge is -2.43. The molecule has 2 saturated heterocycles. The number of likely N-dealkylation sites (N-methyl/N-ethyl adjacent to an activating group) is 2. The summed E-state index contributed by atoms with van der Waals surface area (Å²) in [6.45, 7) is 15.5. The molecular formula is C23H41N6O5P. The van der Waals surface area contributed by atoms with Gasteiger partial charge in [-0.3, -0.25) is 18.9 Å². The number of ether oxygens (including phenoxy) is 1. The van der Waals surface area contributed by atoms with Crippen molar-refractivity contribution in [1.82, 2.24) is 24.0 Å². The van der Waals surface area contributed by atoms with Crippen LogP contribution in [0.5, 0.6) is 0 Å². The van der Waals surface area contributed by atoms with Crippen molar-refractivity contribution in [2.75, 3.05) is 40.3 Å². The number of H-pyrrole nitrogens is 1. The Labute approximate surface area is 207 Å². The normalized spacial score (nSPS) is 24.1. The molecule has 1 aromatic heterocycles. The van der Waals surface area contributed by atoms with Gasteiger partial charge in [-0.25, -0.2) is 14.0 Å². The predicted octanol–water partition coefficient (Wildman–Crippen LogP) is 2.64. The molecule has 0 radical (unpaired) electrons. The van der Waals surface area contributed by atoms with Crippen molar-refractivity contribution in [1.29, 1.82) is 0 Å². The first-order valence-electron chi connectivity index (χ1n) is 12.0. The van der Waals surface area contributed by atoms with Crippen LogP contribution in [-0.2, 0) is 13.8 Å². The average Bonchev–Trinajstić information content (AvgIpc) is 2.99. The molecule has 0 aromatic carbocycles. The molecule has 2 fully saturated rings. The van der Waals surface area contributed by atoms with Crippen LogP contribution in [0.25, 0.3) is 0 Å². The number of morpholine rings is 1. The molecule has 2 aliphatic rings. The van der Waals surface area contributed by atoms with Gasteiger partial charge in [0.2, 0.25) is 5.96 Å². The second-order valence-electron chi connectivity index (χ2n) is 11.8. The summed E-state index contributed by atoms with van der Waals surface area (Å²) in [5.41, 5.74) is -1.42. The van der Waals surface area contributed by atoms with Crippen molar-refractivity contribution in [3.05, 3.63) is 32.6 Å². The quantitative estimate of drug-likeness (QED) is 0.600. The van der Waals surface area contributed by atoms with Crippen LogP contribution < -0.4 is 11.2 Å². The monoisotopic (exact) mass is 512 g/mol. The van der Waals surface area contributed by atoms with E-state index in [1.165, 1.54) is 10.8 Å². The van der Waals surface area contributed by atoms with Crippen molar-refractivity contribution in [3.8, 4) is 0 Å². The summed E-state index contributed by atoms with van der Waals surface area (Å²) in [4.78, 5) is 30.9. The summed E-state index contributed by atoms with van der Waals surface area (Å²) >= 11 is 0. The zero-order valence-corrected chi connectivity index (χ0v) is 23.4. The number of hydrogen-bond donors (Lipinski definition) is 1. The molecule has 12 heteroatoms. The third kappa shape index (κ3) is 6.84. The van der Waals surface area contributed by atoms with E-state index in [1.54, 1.807) is 11.6 Å². The van der Waals surface area contributed by atoms with Crippen molar-refractivity contribution < 1.29 is 13.8 Å². The number of aromatic amines is 1. The first kappa shape index (κ1) is 27.6. The fourth-order valence-corrected chi connectivity index (χ4v) is 6.57. The molecule has 2 aliphatic heterocycles. The van der Waals surface area contributed by atoms with Gasteiger partial charge < -0.3 is 14.5 Å². The van der Waals surface area contributed by atoms with Crippen LogP contribution >= 0.6 is 7.67 Å². The van der Waals surface area contributed by atoms with Crippen molar-refractivity contribution in [3.63, 3.8) is 0 Å². The summed E-state index contributed by atoms with van der Waals surface area (Å²) < 4.78 is 34.9. The molecule has 198 valence electrons. The first-order chi connectivity index (χ1) is 16.0. The van der Waals surface area contributed by atoms with Gasteiger partial charge in [0, 0.05) is 45.5 Å². The van der Waals surface area contributed by atoms with Crippen LogP contribution in [0.15, 0.2) is 20.5 Å². The highest BCUT2D eigenvalue weighted by molar-refractivity contribution is 7.55. The van der Waals surface area contributed by atoms with Gasteiger partial charge in [0.1, 0.15) is 0 Å². The Morgan fingerprint density at radius 1 is 1.11 bits per heavy atom. The Morgan fingerprint density at radius 2 is 1.71 bits per heavy atom. The van der Waals surface area contributed by atoms with Crippen LogP contribution in [0, 0.1) is 12.3 Å². The highest BCUT2D eigenvalue weighted by atomic mass is 31.2. The van der Waals surface area contributed by atoms with E-state index in [9.17, 15) is 14.2 Å². The molecule has 1 N–H and O–H groups in total. The number of hydrogen-bond acceptors (Lipinski definition) is 5. The van der Waals surface area contributed by atoms with Crippen LogP contribution in [0.1, 0.15) is 59.8 Å². The van der Waals surface area contributed by atoms with E-state index in [1.807, 2.05) is 44.7 Å².